The molecule has 0 radical (unpaired) electrons. The zero-order valence-electron chi connectivity index (χ0n) is 9.75. The molecule has 2 fully saturated rings. The maximum absolute atomic E-state index is 11.0. The number of amides is 1. The summed E-state index contributed by atoms with van der Waals surface area (Å²) >= 11 is 0. The highest BCUT2D eigenvalue weighted by atomic mass is 16.6. The monoisotopic (exact) mass is 228 g/mol. The Morgan fingerprint density at radius 1 is 1.69 bits per heavy atom. The van der Waals surface area contributed by atoms with E-state index < -0.39 is 0 Å². The molecular formula is C11H20N2O3. The topological polar surface area (TPSA) is 59.6 Å². The lowest BCUT2D eigenvalue weighted by Gasteiger charge is -2.32. The van der Waals surface area contributed by atoms with Crippen LogP contribution in [0.2, 0.25) is 0 Å². The summed E-state index contributed by atoms with van der Waals surface area (Å²) in [4.78, 5) is 11.0. The number of rotatable bonds is 3. The third-order valence-electron chi connectivity index (χ3n) is 3.34. The molecule has 2 aliphatic heterocycles. The molecule has 5 nitrogen and oxygen atoms in total. The Labute approximate surface area is 95.9 Å². The van der Waals surface area contributed by atoms with E-state index in [2.05, 4.69) is 10.6 Å². The summed E-state index contributed by atoms with van der Waals surface area (Å²) in [5.74, 6) is -0.0808. The van der Waals surface area contributed by atoms with E-state index in [9.17, 15) is 4.79 Å². The third-order valence-corrected chi connectivity index (χ3v) is 3.34. The van der Waals surface area contributed by atoms with Gasteiger partial charge in [0, 0.05) is 20.0 Å². The van der Waals surface area contributed by atoms with Crippen molar-refractivity contribution in [3.8, 4) is 0 Å². The van der Waals surface area contributed by atoms with E-state index in [1.807, 2.05) is 0 Å². The normalized spacial score (nSPS) is 34.2. The molecule has 0 aromatic carbocycles. The van der Waals surface area contributed by atoms with Crippen molar-refractivity contribution < 1.29 is 14.3 Å². The zero-order valence-corrected chi connectivity index (χ0v) is 9.75. The van der Waals surface area contributed by atoms with Crippen LogP contribution in [0.25, 0.3) is 0 Å². The second-order valence-corrected chi connectivity index (χ2v) is 4.58. The number of hydrogen-bond acceptors (Lipinski definition) is 4. The van der Waals surface area contributed by atoms with Crippen LogP contribution in [0.15, 0.2) is 0 Å². The first-order valence-corrected chi connectivity index (χ1v) is 5.91. The van der Waals surface area contributed by atoms with Gasteiger partial charge in [-0.05, 0) is 19.4 Å². The molecule has 2 rings (SSSR count). The number of piperidine rings is 1. The molecule has 0 aromatic heterocycles. The highest BCUT2D eigenvalue weighted by Crippen LogP contribution is 2.33. The molecule has 2 N–H and O–H groups in total. The Bertz CT molecular complexity index is 252. The average molecular weight is 228 g/mol. The van der Waals surface area contributed by atoms with Gasteiger partial charge in [0.05, 0.1) is 18.3 Å². The Kier molecular flexibility index (Phi) is 3.78. The first-order chi connectivity index (χ1) is 7.74. The molecule has 0 saturated carbocycles. The SMILES string of the molecule is CNC(=O)CO[C@H]1CO[C@@]2(CCCNC2)C1. The second kappa shape index (κ2) is 5.12. The minimum absolute atomic E-state index is 0.0361. The Hall–Kier alpha value is -0.650. The van der Waals surface area contributed by atoms with Crippen LogP contribution in [0.4, 0.5) is 0 Å². The molecule has 2 aliphatic rings. The molecule has 5 heteroatoms. The summed E-state index contributed by atoms with van der Waals surface area (Å²) in [6.45, 7) is 2.73. The lowest BCUT2D eigenvalue weighted by molar-refractivity contribution is -0.127. The maximum atomic E-state index is 11.0. The van der Waals surface area contributed by atoms with Gasteiger partial charge in [-0.2, -0.15) is 0 Å². The van der Waals surface area contributed by atoms with Crippen molar-refractivity contribution in [3.63, 3.8) is 0 Å². The van der Waals surface area contributed by atoms with Crippen LogP contribution in [-0.4, -0.2) is 51.0 Å². The predicted octanol–water partition coefficient (Wildman–Crippen LogP) is -0.340. The van der Waals surface area contributed by atoms with Crippen molar-refractivity contribution in [1.29, 1.82) is 0 Å². The Morgan fingerprint density at radius 2 is 2.56 bits per heavy atom. The summed E-state index contributed by atoms with van der Waals surface area (Å²) in [6, 6.07) is 0. The molecule has 2 heterocycles. The van der Waals surface area contributed by atoms with E-state index >= 15 is 0 Å². The molecule has 0 bridgehead atoms. The van der Waals surface area contributed by atoms with Crippen LogP contribution in [0.3, 0.4) is 0 Å². The summed E-state index contributed by atoms with van der Waals surface area (Å²) in [5, 5.41) is 5.90. The first kappa shape index (κ1) is 11.8. The molecule has 0 unspecified atom stereocenters. The number of hydrogen-bond donors (Lipinski definition) is 2. The predicted molar refractivity (Wildman–Crippen MR) is 59.2 cm³/mol. The van der Waals surface area contributed by atoms with Crippen molar-refractivity contribution in [2.24, 2.45) is 0 Å². The van der Waals surface area contributed by atoms with Crippen molar-refractivity contribution in [1.82, 2.24) is 10.6 Å². The summed E-state index contributed by atoms with van der Waals surface area (Å²) in [6.07, 6.45) is 3.22. The molecular weight excluding hydrogens is 208 g/mol. The molecule has 1 spiro atoms. The number of nitrogens with one attached hydrogen (secondary N) is 2. The Morgan fingerprint density at radius 3 is 3.25 bits per heavy atom. The summed E-state index contributed by atoms with van der Waals surface area (Å²) in [5.41, 5.74) is -0.0361. The van der Waals surface area contributed by atoms with Crippen LogP contribution < -0.4 is 10.6 Å². The molecule has 1 amide bonds. The van der Waals surface area contributed by atoms with E-state index in [1.165, 1.54) is 0 Å². The van der Waals surface area contributed by atoms with E-state index in [0.717, 1.165) is 32.4 Å². The van der Waals surface area contributed by atoms with Crippen LogP contribution in [0, 0.1) is 0 Å². The van der Waals surface area contributed by atoms with Crippen LogP contribution >= 0.6 is 0 Å². The smallest absolute Gasteiger partial charge is 0.245 e. The van der Waals surface area contributed by atoms with Crippen molar-refractivity contribution >= 4 is 5.91 Å². The molecule has 92 valence electrons. The van der Waals surface area contributed by atoms with E-state index in [-0.39, 0.29) is 24.2 Å². The van der Waals surface area contributed by atoms with Crippen LogP contribution in [0.1, 0.15) is 19.3 Å². The molecule has 2 saturated heterocycles. The summed E-state index contributed by atoms with van der Waals surface area (Å²) < 4.78 is 11.4. The van der Waals surface area contributed by atoms with Crippen LogP contribution in [-0.2, 0) is 14.3 Å². The fraction of sp³-hybridized carbons (Fsp3) is 0.909. The van der Waals surface area contributed by atoms with E-state index in [0.29, 0.717) is 6.61 Å². The highest BCUT2D eigenvalue weighted by molar-refractivity contribution is 5.76. The lowest BCUT2D eigenvalue weighted by atomic mass is 9.90. The van der Waals surface area contributed by atoms with Gasteiger partial charge in [0.15, 0.2) is 0 Å². The summed E-state index contributed by atoms with van der Waals surface area (Å²) in [7, 11) is 1.61. The van der Waals surface area contributed by atoms with Gasteiger partial charge in [0.1, 0.15) is 6.61 Å². The number of likely N-dealkylation sites (N-methyl/N-ethyl adjacent to an activating group) is 1. The largest absolute Gasteiger partial charge is 0.371 e. The van der Waals surface area contributed by atoms with Gasteiger partial charge < -0.3 is 20.1 Å². The van der Waals surface area contributed by atoms with Gasteiger partial charge in [-0.15, -0.1) is 0 Å². The fourth-order valence-corrected chi connectivity index (χ4v) is 2.41. The van der Waals surface area contributed by atoms with Gasteiger partial charge in [-0.3, -0.25) is 4.79 Å². The van der Waals surface area contributed by atoms with E-state index in [1.54, 1.807) is 7.05 Å². The standard InChI is InChI=1S/C11H20N2O3/c1-12-10(14)7-15-9-5-11(16-6-9)3-2-4-13-8-11/h9,13H,2-8H2,1H3,(H,12,14)/t9-,11+/m1/s1. The Balaban J connectivity index is 1.76. The minimum Gasteiger partial charge on any atom is -0.371 e. The van der Waals surface area contributed by atoms with Gasteiger partial charge in [0.2, 0.25) is 5.91 Å². The van der Waals surface area contributed by atoms with Gasteiger partial charge in [0.25, 0.3) is 0 Å². The fourth-order valence-electron chi connectivity index (χ4n) is 2.41. The quantitative estimate of drug-likeness (QED) is 0.694. The molecule has 16 heavy (non-hydrogen) atoms. The zero-order chi connectivity index (χ0) is 11.4. The highest BCUT2D eigenvalue weighted by Gasteiger charge is 2.41. The maximum Gasteiger partial charge on any atom is 0.245 e. The average Bonchev–Trinajstić information content (AvgIpc) is 2.70. The van der Waals surface area contributed by atoms with Gasteiger partial charge in [-0.25, -0.2) is 0 Å². The van der Waals surface area contributed by atoms with Crippen molar-refractivity contribution in [3.05, 3.63) is 0 Å². The number of carbonyl (C=O) groups excluding carboxylic acids is 1. The van der Waals surface area contributed by atoms with Crippen LogP contribution in [0.5, 0.6) is 0 Å². The van der Waals surface area contributed by atoms with Gasteiger partial charge in [-0.1, -0.05) is 0 Å². The molecule has 0 aromatic rings. The first-order valence-electron chi connectivity index (χ1n) is 5.91. The minimum atomic E-state index is -0.0808. The lowest BCUT2D eigenvalue weighted by Crippen LogP contribution is -2.45. The third kappa shape index (κ3) is 2.72. The number of ether oxygens (including phenoxy) is 2. The molecule has 2 atom stereocenters. The van der Waals surface area contributed by atoms with Crippen molar-refractivity contribution in [2.45, 2.75) is 31.0 Å². The molecule has 0 aliphatic carbocycles. The second-order valence-electron chi connectivity index (χ2n) is 4.58. The van der Waals surface area contributed by atoms with E-state index in [4.69, 9.17) is 9.47 Å². The van der Waals surface area contributed by atoms with Crippen molar-refractivity contribution in [2.75, 3.05) is 33.4 Å². The van der Waals surface area contributed by atoms with Gasteiger partial charge >= 0.3 is 0 Å². The number of carbonyl (C=O) groups is 1.